The van der Waals surface area contributed by atoms with Crippen LogP contribution in [0.25, 0.3) is 6.08 Å². The van der Waals surface area contributed by atoms with Crippen LogP contribution in [0, 0.1) is 5.92 Å². The standard InChI is InChI=1S/C19H24O4/c1-4-8-17(15(2)3)19(21)23-14-13-22-18(20)12-11-16-9-6-5-7-10-16/h5-12,15H,4,13-14H2,1-3H3. The van der Waals surface area contributed by atoms with Crippen molar-refractivity contribution in [3.05, 3.63) is 53.6 Å². The number of esters is 2. The zero-order valence-electron chi connectivity index (χ0n) is 14.0. The zero-order chi connectivity index (χ0) is 17.1. The summed E-state index contributed by atoms with van der Waals surface area (Å²) in [6.07, 6.45) is 5.67. The molecule has 4 heteroatoms. The molecule has 1 rings (SSSR count). The van der Waals surface area contributed by atoms with E-state index >= 15 is 0 Å². The van der Waals surface area contributed by atoms with Crippen LogP contribution in [0.3, 0.4) is 0 Å². The first-order valence-corrected chi connectivity index (χ1v) is 7.81. The monoisotopic (exact) mass is 316 g/mol. The smallest absolute Gasteiger partial charge is 0.334 e. The topological polar surface area (TPSA) is 52.6 Å². The molecule has 0 spiro atoms. The molecule has 23 heavy (non-hydrogen) atoms. The van der Waals surface area contributed by atoms with Gasteiger partial charge in [-0.15, -0.1) is 0 Å². The Morgan fingerprint density at radius 1 is 1.09 bits per heavy atom. The Kier molecular flexibility index (Phi) is 8.43. The van der Waals surface area contributed by atoms with Gasteiger partial charge in [-0.1, -0.05) is 57.2 Å². The highest BCUT2D eigenvalue weighted by Crippen LogP contribution is 2.12. The molecule has 0 radical (unpaired) electrons. The SMILES string of the molecule is CCC=C(C(=O)OCCOC(=O)C=Cc1ccccc1)C(C)C. The Bertz CT molecular complexity index is 556. The first kappa shape index (κ1) is 18.7. The van der Waals surface area contributed by atoms with Crippen molar-refractivity contribution < 1.29 is 19.1 Å². The third-order valence-electron chi connectivity index (χ3n) is 3.05. The van der Waals surface area contributed by atoms with Crippen molar-refractivity contribution in [2.75, 3.05) is 13.2 Å². The average molecular weight is 316 g/mol. The molecule has 1 aromatic rings. The molecule has 0 N–H and O–H groups in total. The van der Waals surface area contributed by atoms with Gasteiger partial charge in [-0.25, -0.2) is 9.59 Å². The number of allylic oxidation sites excluding steroid dienone is 1. The normalized spacial score (nSPS) is 11.7. The molecule has 0 amide bonds. The molecule has 0 aliphatic heterocycles. The molecule has 0 bridgehead atoms. The maximum atomic E-state index is 11.9. The Hall–Kier alpha value is -2.36. The second-order valence-corrected chi connectivity index (χ2v) is 5.27. The summed E-state index contributed by atoms with van der Waals surface area (Å²) < 4.78 is 10.1. The molecule has 4 nitrogen and oxygen atoms in total. The number of benzene rings is 1. The summed E-state index contributed by atoms with van der Waals surface area (Å²) in [4.78, 5) is 23.4. The molecule has 0 heterocycles. The second-order valence-electron chi connectivity index (χ2n) is 5.27. The Labute approximate surface area is 137 Å². The van der Waals surface area contributed by atoms with Crippen LogP contribution in [0.4, 0.5) is 0 Å². The van der Waals surface area contributed by atoms with Gasteiger partial charge in [0.25, 0.3) is 0 Å². The van der Waals surface area contributed by atoms with E-state index in [0.717, 1.165) is 12.0 Å². The van der Waals surface area contributed by atoms with E-state index < -0.39 is 5.97 Å². The Balaban J connectivity index is 2.31. The van der Waals surface area contributed by atoms with Gasteiger partial charge in [-0.2, -0.15) is 0 Å². The molecular formula is C19H24O4. The number of ether oxygens (including phenoxy) is 2. The number of rotatable bonds is 8. The summed E-state index contributed by atoms with van der Waals surface area (Å²) in [5.74, 6) is -0.699. The van der Waals surface area contributed by atoms with Gasteiger partial charge in [-0.05, 0) is 24.0 Å². The third-order valence-corrected chi connectivity index (χ3v) is 3.05. The van der Waals surface area contributed by atoms with Crippen LogP contribution in [0.1, 0.15) is 32.8 Å². The lowest BCUT2D eigenvalue weighted by Crippen LogP contribution is -2.16. The van der Waals surface area contributed by atoms with Gasteiger partial charge in [0.1, 0.15) is 13.2 Å². The van der Waals surface area contributed by atoms with E-state index in [1.165, 1.54) is 6.08 Å². The Morgan fingerprint density at radius 3 is 2.35 bits per heavy atom. The van der Waals surface area contributed by atoms with E-state index in [9.17, 15) is 9.59 Å². The van der Waals surface area contributed by atoms with Crippen LogP contribution in [-0.2, 0) is 19.1 Å². The zero-order valence-corrected chi connectivity index (χ0v) is 14.0. The van der Waals surface area contributed by atoms with Crippen molar-refractivity contribution in [1.82, 2.24) is 0 Å². The predicted molar refractivity (Wildman–Crippen MR) is 90.6 cm³/mol. The van der Waals surface area contributed by atoms with Crippen LogP contribution < -0.4 is 0 Å². The molecular weight excluding hydrogens is 292 g/mol. The molecule has 0 aliphatic carbocycles. The second kappa shape index (κ2) is 10.4. The molecule has 0 saturated heterocycles. The minimum Gasteiger partial charge on any atom is -0.459 e. The molecule has 0 fully saturated rings. The van der Waals surface area contributed by atoms with Crippen molar-refractivity contribution in [3.63, 3.8) is 0 Å². The lowest BCUT2D eigenvalue weighted by molar-refractivity contribution is -0.147. The fourth-order valence-corrected chi connectivity index (χ4v) is 1.91. The Morgan fingerprint density at radius 2 is 1.74 bits per heavy atom. The van der Waals surface area contributed by atoms with E-state index in [0.29, 0.717) is 5.57 Å². The molecule has 0 aromatic heterocycles. The van der Waals surface area contributed by atoms with Crippen molar-refractivity contribution in [2.45, 2.75) is 27.2 Å². The molecule has 0 aliphatic rings. The van der Waals surface area contributed by atoms with Gasteiger partial charge in [0, 0.05) is 11.6 Å². The van der Waals surface area contributed by atoms with Crippen molar-refractivity contribution in [2.24, 2.45) is 5.92 Å². The summed E-state index contributed by atoms with van der Waals surface area (Å²) in [5, 5.41) is 0. The van der Waals surface area contributed by atoms with Crippen LogP contribution >= 0.6 is 0 Å². The first-order chi connectivity index (χ1) is 11.0. The highest BCUT2D eigenvalue weighted by atomic mass is 16.6. The van der Waals surface area contributed by atoms with E-state index in [4.69, 9.17) is 9.47 Å². The van der Waals surface area contributed by atoms with E-state index in [-0.39, 0.29) is 25.1 Å². The molecule has 124 valence electrons. The maximum absolute atomic E-state index is 11.9. The predicted octanol–water partition coefficient (Wildman–Crippen LogP) is 3.78. The lowest BCUT2D eigenvalue weighted by Gasteiger charge is -2.11. The third kappa shape index (κ3) is 7.45. The first-order valence-electron chi connectivity index (χ1n) is 7.81. The van der Waals surface area contributed by atoms with E-state index in [1.54, 1.807) is 6.08 Å². The molecule has 1 aromatic carbocycles. The average Bonchev–Trinajstić information content (AvgIpc) is 2.55. The number of carbonyl (C=O) groups is 2. The van der Waals surface area contributed by atoms with Gasteiger partial charge < -0.3 is 9.47 Å². The van der Waals surface area contributed by atoms with Gasteiger partial charge >= 0.3 is 11.9 Å². The van der Waals surface area contributed by atoms with Crippen LogP contribution in [0.2, 0.25) is 0 Å². The van der Waals surface area contributed by atoms with Crippen LogP contribution in [-0.4, -0.2) is 25.2 Å². The largest absolute Gasteiger partial charge is 0.459 e. The van der Waals surface area contributed by atoms with Gasteiger partial charge in [0.2, 0.25) is 0 Å². The molecule has 0 atom stereocenters. The number of hydrogen-bond donors (Lipinski definition) is 0. The minimum absolute atomic E-state index is 0.0429. The summed E-state index contributed by atoms with van der Waals surface area (Å²) in [6, 6.07) is 9.46. The van der Waals surface area contributed by atoms with Gasteiger partial charge in [0.05, 0.1) is 0 Å². The van der Waals surface area contributed by atoms with Crippen LogP contribution in [0.5, 0.6) is 0 Å². The summed E-state index contributed by atoms with van der Waals surface area (Å²) in [7, 11) is 0. The van der Waals surface area contributed by atoms with Gasteiger partial charge in [0.15, 0.2) is 0 Å². The lowest BCUT2D eigenvalue weighted by atomic mass is 10.0. The number of hydrogen-bond acceptors (Lipinski definition) is 4. The highest BCUT2D eigenvalue weighted by molar-refractivity contribution is 5.89. The van der Waals surface area contributed by atoms with Gasteiger partial charge in [-0.3, -0.25) is 0 Å². The molecule has 0 unspecified atom stereocenters. The minimum atomic E-state index is -0.460. The highest BCUT2D eigenvalue weighted by Gasteiger charge is 2.14. The van der Waals surface area contributed by atoms with Crippen molar-refractivity contribution >= 4 is 18.0 Å². The summed E-state index contributed by atoms with van der Waals surface area (Å²) >= 11 is 0. The van der Waals surface area contributed by atoms with Crippen LogP contribution in [0.15, 0.2) is 48.1 Å². The maximum Gasteiger partial charge on any atom is 0.334 e. The van der Waals surface area contributed by atoms with Crippen molar-refractivity contribution in [3.8, 4) is 0 Å². The molecule has 0 saturated carbocycles. The quantitative estimate of drug-likeness (QED) is 0.416. The fraction of sp³-hybridized carbons (Fsp3) is 0.368. The summed E-state index contributed by atoms with van der Waals surface area (Å²) in [6.45, 7) is 5.95. The summed E-state index contributed by atoms with van der Waals surface area (Å²) in [5.41, 5.74) is 1.57. The van der Waals surface area contributed by atoms with E-state index in [2.05, 4.69) is 0 Å². The van der Waals surface area contributed by atoms with E-state index in [1.807, 2.05) is 57.2 Å². The fourth-order valence-electron chi connectivity index (χ4n) is 1.91. The van der Waals surface area contributed by atoms with Crippen molar-refractivity contribution in [1.29, 1.82) is 0 Å². The number of carbonyl (C=O) groups excluding carboxylic acids is 2.